The van der Waals surface area contributed by atoms with Gasteiger partial charge in [0.15, 0.2) is 5.17 Å². The summed E-state index contributed by atoms with van der Waals surface area (Å²) in [6.45, 7) is 6.89. The van der Waals surface area contributed by atoms with Crippen LogP contribution in [0.2, 0.25) is 0 Å². The van der Waals surface area contributed by atoms with Gasteiger partial charge in [0.25, 0.3) is 0 Å². The fourth-order valence-electron chi connectivity index (χ4n) is 3.21. The summed E-state index contributed by atoms with van der Waals surface area (Å²) in [5, 5.41) is 4.89. The maximum absolute atomic E-state index is 4.97. The highest BCUT2D eigenvalue weighted by Crippen LogP contribution is 2.31. The molecule has 0 fully saturated rings. The molecule has 0 spiro atoms. The van der Waals surface area contributed by atoms with Crippen LogP contribution in [0.25, 0.3) is 0 Å². The van der Waals surface area contributed by atoms with Gasteiger partial charge in [0.05, 0.1) is 6.04 Å². The molecule has 2 nitrogen and oxygen atoms in total. The number of benzene rings is 1. The van der Waals surface area contributed by atoms with Gasteiger partial charge in [0.2, 0.25) is 0 Å². The van der Waals surface area contributed by atoms with E-state index in [-0.39, 0.29) is 5.41 Å². The molecule has 1 aromatic carbocycles. The van der Waals surface area contributed by atoms with E-state index in [9.17, 15) is 0 Å². The van der Waals surface area contributed by atoms with Crippen molar-refractivity contribution in [2.24, 2.45) is 10.4 Å². The molecule has 0 saturated heterocycles. The van der Waals surface area contributed by atoms with Gasteiger partial charge in [0.1, 0.15) is 0 Å². The van der Waals surface area contributed by atoms with Crippen molar-refractivity contribution in [2.75, 3.05) is 5.75 Å². The first-order chi connectivity index (χ1) is 10.0. The van der Waals surface area contributed by atoms with E-state index in [2.05, 4.69) is 50.4 Å². The minimum absolute atomic E-state index is 0.271. The Morgan fingerprint density at radius 1 is 1.14 bits per heavy atom. The highest BCUT2D eigenvalue weighted by molar-refractivity contribution is 8.13. The van der Waals surface area contributed by atoms with Gasteiger partial charge in [-0.25, -0.2) is 0 Å². The normalized spacial score (nSPS) is 26.0. The molecule has 114 valence electrons. The van der Waals surface area contributed by atoms with Crippen molar-refractivity contribution < 1.29 is 0 Å². The molecule has 21 heavy (non-hydrogen) atoms. The first kappa shape index (κ1) is 15.0. The van der Waals surface area contributed by atoms with Crippen molar-refractivity contribution in [3.63, 3.8) is 0 Å². The van der Waals surface area contributed by atoms with Gasteiger partial charge in [-0.15, -0.1) is 0 Å². The summed E-state index contributed by atoms with van der Waals surface area (Å²) in [6.07, 6.45) is 4.74. The van der Waals surface area contributed by atoms with E-state index >= 15 is 0 Å². The lowest BCUT2D eigenvalue weighted by Crippen LogP contribution is -2.40. The zero-order chi connectivity index (χ0) is 14.9. The second-order valence-electron chi connectivity index (χ2n) is 7.31. The SMILES string of the molecule is CC(C)(C)C1CCSC(NC2CCc3ccccc3C2)=N1. The van der Waals surface area contributed by atoms with Crippen LogP contribution in [0.4, 0.5) is 0 Å². The van der Waals surface area contributed by atoms with Crippen molar-refractivity contribution in [1.82, 2.24) is 5.32 Å². The zero-order valence-electron chi connectivity index (χ0n) is 13.4. The summed E-state index contributed by atoms with van der Waals surface area (Å²) in [5.74, 6) is 1.19. The predicted octanol–water partition coefficient (Wildman–Crippen LogP) is 4.04. The van der Waals surface area contributed by atoms with Gasteiger partial charge in [-0.2, -0.15) is 0 Å². The smallest absolute Gasteiger partial charge is 0.157 e. The fraction of sp³-hybridized carbons (Fsp3) is 0.611. The molecule has 0 aromatic heterocycles. The van der Waals surface area contributed by atoms with Crippen molar-refractivity contribution in [3.8, 4) is 0 Å². The first-order valence-corrected chi connectivity index (χ1v) is 9.05. The Balaban J connectivity index is 1.66. The van der Waals surface area contributed by atoms with E-state index in [0.29, 0.717) is 12.1 Å². The standard InChI is InChI=1S/C18H26N2S/c1-18(2,3)16-10-11-21-17(20-16)19-15-9-8-13-6-4-5-7-14(13)12-15/h4-7,15-16H,8-12H2,1-3H3,(H,19,20). The van der Waals surface area contributed by atoms with E-state index in [1.807, 2.05) is 11.8 Å². The summed E-state index contributed by atoms with van der Waals surface area (Å²) in [7, 11) is 0. The van der Waals surface area contributed by atoms with E-state index < -0.39 is 0 Å². The lowest BCUT2D eigenvalue weighted by molar-refractivity contribution is 0.315. The molecule has 2 aliphatic rings. The lowest BCUT2D eigenvalue weighted by atomic mass is 9.85. The number of aryl methyl sites for hydroxylation is 1. The molecular formula is C18H26N2S. The molecular weight excluding hydrogens is 276 g/mol. The number of hydrogen-bond acceptors (Lipinski definition) is 3. The number of thioether (sulfide) groups is 1. The molecule has 0 saturated carbocycles. The van der Waals surface area contributed by atoms with E-state index in [1.165, 1.54) is 41.3 Å². The van der Waals surface area contributed by atoms with Gasteiger partial charge in [-0.1, -0.05) is 56.8 Å². The second kappa shape index (κ2) is 6.04. The second-order valence-corrected chi connectivity index (χ2v) is 8.39. The number of nitrogens with zero attached hydrogens (tertiary/aromatic N) is 1. The molecule has 1 N–H and O–H groups in total. The van der Waals surface area contributed by atoms with Crippen LogP contribution >= 0.6 is 11.8 Å². The molecule has 3 heteroatoms. The van der Waals surface area contributed by atoms with Crippen LogP contribution in [0, 0.1) is 5.41 Å². The topological polar surface area (TPSA) is 24.4 Å². The molecule has 1 aliphatic carbocycles. The summed E-state index contributed by atoms with van der Waals surface area (Å²) >= 11 is 1.90. The summed E-state index contributed by atoms with van der Waals surface area (Å²) in [4.78, 5) is 4.97. The molecule has 0 radical (unpaired) electrons. The zero-order valence-corrected chi connectivity index (χ0v) is 14.2. The van der Waals surface area contributed by atoms with Crippen LogP contribution in [0.5, 0.6) is 0 Å². The number of aliphatic imine (C=N–C) groups is 1. The minimum Gasteiger partial charge on any atom is -0.362 e. The fourth-order valence-corrected chi connectivity index (χ4v) is 4.20. The molecule has 1 aliphatic heterocycles. The van der Waals surface area contributed by atoms with Crippen LogP contribution in [-0.2, 0) is 12.8 Å². The van der Waals surface area contributed by atoms with E-state index in [4.69, 9.17) is 4.99 Å². The van der Waals surface area contributed by atoms with Crippen LogP contribution in [0.15, 0.2) is 29.3 Å². The maximum atomic E-state index is 4.97. The minimum atomic E-state index is 0.271. The van der Waals surface area contributed by atoms with Crippen molar-refractivity contribution in [3.05, 3.63) is 35.4 Å². The van der Waals surface area contributed by atoms with Crippen molar-refractivity contribution in [1.29, 1.82) is 0 Å². The van der Waals surface area contributed by atoms with Crippen molar-refractivity contribution in [2.45, 2.75) is 58.5 Å². The van der Waals surface area contributed by atoms with Gasteiger partial charge in [-0.3, -0.25) is 4.99 Å². The molecule has 0 bridgehead atoms. The Hall–Kier alpha value is -0.960. The Morgan fingerprint density at radius 2 is 1.90 bits per heavy atom. The predicted molar refractivity (Wildman–Crippen MR) is 93.1 cm³/mol. The highest BCUT2D eigenvalue weighted by Gasteiger charge is 2.28. The number of amidine groups is 1. The number of nitrogens with one attached hydrogen (secondary N) is 1. The van der Waals surface area contributed by atoms with Crippen molar-refractivity contribution >= 4 is 16.9 Å². The van der Waals surface area contributed by atoms with Crippen LogP contribution < -0.4 is 5.32 Å². The Kier molecular flexibility index (Phi) is 4.30. The van der Waals surface area contributed by atoms with E-state index in [1.54, 1.807) is 0 Å². The molecule has 0 amide bonds. The average molecular weight is 302 g/mol. The maximum Gasteiger partial charge on any atom is 0.157 e. The number of rotatable bonds is 1. The first-order valence-electron chi connectivity index (χ1n) is 8.06. The third kappa shape index (κ3) is 3.63. The number of hydrogen-bond donors (Lipinski definition) is 1. The summed E-state index contributed by atoms with van der Waals surface area (Å²) in [6, 6.07) is 9.86. The Bertz CT molecular complexity index is 530. The quantitative estimate of drug-likeness (QED) is 0.846. The molecule has 1 aromatic rings. The van der Waals surface area contributed by atoms with E-state index in [0.717, 1.165) is 6.42 Å². The largest absolute Gasteiger partial charge is 0.362 e. The third-order valence-corrected chi connectivity index (χ3v) is 5.51. The lowest BCUT2D eigenvalue weighted by Gasteiger charge is -2.33. The van der Waals surface area contributed by atoms with Gasteiger partial charge >= 0.3 is 0 Å². The molecule has 3 rings (SSSR count). The Labute approximate surface area is 132 Å². The molecule has 2 atom stereocenters. The van der Waals surface area contributed by atoms with Crippen LogP contribution in [0.1, 0.15) is 44.7 Å². The molecule has 1 heterocycles. The Morgan fingerprint density at radius 3 is 2.67 bits per heavy atom. The highest BCUT2D eigenvalue weighted by atomic mass is 32.2. The summed E-state index contributed by atoms with van der Waals surface area (Å²) < 4.78 is 0. The number of fused-ring (bicyclic) bond motifs is 1. The van der Waals surface area contributed by atoms with Crippen LogP contribution in [0.3, 0.4) is 0 Å². The van der Waals surface area contributed by atoms with Gasteiger partial charge < -0.3 is 5.32 Å². The monoisotopic (exact) mass is 302 g/mol. The van der Waals surface area contributed by atoms with Crippen LogP contribution in [-0.4, -0.2) is 23.0 Å². The summed E-state index contributed by atoms with van der Waals surface area (Å²) in [5.41, 5.74) is 3.31. The molecule has 2 unspecified atom stereocenters. The average Bonchev–Trinajstić information content (AvgIpc) is 2.46. The van der Waals surface area contributed by atoms with Gasteiger partial charge in [0, 0.05) is 11.8 Å². The van der Waals surface area contributed by atoms with Gasteiger partial charge in [-0.05, 0) is 42.2 Å². The third-order valence-electron chi connectivity index (χ3n) is 4.58.